The molecule has 0 bridgehead atoms. The molecular formula is C13H14N2O2. The molecule has 0 spiro atoms. The van der Waals surface area contributed by atoms with Crippen LogP contribution in [-0.2, 0) is 0 Å². The maximum absolute atomic E-state index is 9.59. The molecule has 0 saturated carbocycles. The largest absolute Gasteiger partial charge is 0.389 e. The van der Waals surface area contributed by atoms with Crippen LogP contribution in [0.4, 0.5) is 5.69 Å². The molecule has 1 fully saturated rings. The van der Waals surface area contributed by atoms with Gasteiger partial charge in [0.05, 0.1) is 17.7 Å². The summed E-state index contributed by atoms with van der Waals surface area (Å²) in [7, 11) is 0. The number of rotatable bonds is 1. The Hall–Kier alpha value is -1.65. The van der Waals surface area contributed by atoms with Crippen LogP contribution in [0.3, 0.4) is 0 Å². The van der Waals surface area contributed by atoms with Gasteiger partial charge in [0.2, 0.25) is 0 Å². The lowest BCUT2D eigenvalue weighted by Crippen LogP contribution is -2.22. The van der Waals surface area contributed by atoms with Crippen LogP contribution in [0.25, 0.3) is 10.9 Å². The van der Waals surface area contributed by atoms with Gasteiger partial charge in [0.1, 0.15) is 0 Å². The van der Waals surface area contributed by atoms with Gasteiger partial charge in [0, 0.05) is 30.4 Å². The molecule has 88 valence electrons. The Balaban J connectivity index is 2.06. The lowest BCUT2D eigenvalue weighted by Gasteiger charge is -2.19. The first-order chi connectivity index (χ1) is 8.25. The highest BCUT2D eigenvalue weighted by Gasteiger charge is 2.30. The molecule has 0 aliphatic carbocycles. The van der Waals surface area contributed by atoms with E-state index in [4.69, 9.17) is 0 Å². The fraction of sp³-hybridized carbons (Fsp3) is 0.308. The van der Waals surface area contributed by atoms with Crippen LogP contribution in [0.5, 0.6) is 0 Å². The van der Waals surface area contributed by atoms with Crippen LogP contribution in [0.2, 0.25) is 0 Å². The lowest BCUT2D eigenvalue weighted by molar-refractivity contribution is 0.0572. The van der Waals surface area contributed by atoms with Gasteiger partial charge in [-0.15, -0.1) is 0 Å². The number of benzene rings is 1. The van der Waals surface area contributed by atoms with Gasteiger partial charge in [0.25, 0.3) is 0 Å². The van der Waals surface area contributed by atoms with Crippen molar-refractivity contribution in [3.8, 4) is 0 Å². The number of nitrogens with zero attached hydrogens (tertiary/aromatic N) is 2. The molecule has 2 heterocycles. The van der Waals surface area contributed by atoms with Crippen molar-refractivity contribution in [2.75, 3.05) is 18.0 Å². The fourth-order valence-corrected chi connectivity index (χ4v) is 2.32. The van der Waals surface area contributed by atoms with Gasteiger partial charge in [-0.2, -0.15) is 0 Å². The Morgan fingerprint density at radius 1 is 1.06 bits per heavy atom. The van der Waals surface area contributed by atoms with Crippen molar-refractivity contribution in [2.24, 2.45) is 0 Å². The number of β-amino-alcohol motifs (C(OH)–C–C–N with tert-alkyl or cyclic N) is 2. The van der Waals surface area contributed by atoms with E-state index in [9.17, 15) is 10.2 Å². The Labute approximate surface area is 99.1 Å². The SMILES string of the molecule is OC1CN(c2ccnc3ccccc23)CC1O. The highest BCUT2D eigenvalue weighted by molar-refractivity contribution is 5.91. The summed E-state index contributed by atoms with van der Waals surface area (Å²) in [6.07, 6.45) is 0.429. The van der Waals surface area contributed by atoms with E-state index in [2.05, 4.69) is 4.98 Å². The average molecular weight is 230 g/mol. The Morgan fingerprint density at radius 2 is 1.76 bits per heavy atom. The molecule has 0 amide bonds. The van der Waals surface area contributed by atoms with Crippen molar-refractivity contribution >= 4 is 16.6 Å². The standard InChI is InChI=1S/C13H14N2O2/c16-12-7-15(8-13(12)17)11-5-6-14-10-4-2-1-3-9(10)11/h1-6,12-13,16-17H,7-8H2. The maximum Gasteiger partial charge on any atom is 0.0990 e. The highest BCUT2D eigenvalue weighted by Crippen LogP contribution is 2.27. The second-order valence-corrected chi connectivity index (χ2v) is 4.39. The van der Waals surface area contributed by atoms with Gasteiger partial charge < -0.3 is 15.1 Å². The first-order valence-electron chi connectivity index (χ1n) is 5.70. The average Bonchev–Trinajstić information content (AvgIpc) is 2.69. The molecule has 1 aromatic heterocycles. The molecule has 2 N–H and O–H groups in total. The van der Waals surface area contributed by atoms with Crippen LogP contribution in [-0.4, -0.2) is 40.5 Å². The number of aliphatic hydroxyl groups excluding tert-OH is 2. The van der Waals surface area contributed by atoms with E-state index in [1.807, 2.05) is 35.2 Å². The summed E-state index contributed by atoms with van der Waals surface area (Å²) in [6.45, 7) is 0.935. The van der Waals surface area contributed by atoms with Crippen molar-refractivity contribution in [3.05, 3.63) is 36.5 Å². The summed E-state index contributed by atoms with van der Waals surface area (Å²) >= 11 is 0. The number of aliphatic hydroxyl groups is 2. The molecule has 1 aliphatic heterocycles. The van der Waals surface area contributed by atoms with Crippen LogP contribution in [0.15, 0.2) is 36.5 Å². The molecular weight excluding hydrogens is 216 g/mol. The Kier molecular flexibility index (Phi) is 2.46. The smallest absolute Gasteiger partial charge is 0.0990 e. The van der Waals surface area contributed by atoms with Gasteiger partial charge in [-0.25, -0.2) is 0 Å². The zero-order valence-electron chi connectivity index (χ0n) is 9.32. The third-order valence-electron chi connectivity index (χ3n) is 3.23. The van der Waals surface area contributed by atoms with E-state index in [1.165, 1.54) is 0 Å². The van der Waals surface area contributed by atoms with E-state index in [1.54, 1.807) is 6.20 Å². The molecule has 3 rings (SSSR count). The van der Waals surface area contributed by atoms with Gasteiger partial charge >= 0.3 is 0 Å². The number of pyridine rings is 1. The monoisotopic (exact) mass is 230 g/mol. The maximum atomic E-state index is 9.59. The van der Waals surface area contributed by atoms with Crippen LogP contribution in [0, 0.1) is 0 Å². The molecule has 1 aliphatic rings. The number of fused-ring (bicyclic) bond motifs is 1. The third-order valence-corrected chi connectivity index (χ3v) is 3.23. The molecule has 2 atom stereocenters. The Bertz CT molecular complexity index is 528. The van der Waals surface area contributed by atoms with Gasteiger partial charge in [-0.3, -0.25) is 4.98 Å². The van der Waals surface area contributed by atoms with Crippen LogP contribution >= 0.6 is 0 Å². The van der Waals surface area contributed by atoms with E-state index in [-0.39, 0.29) is 0 Å². The second kappa shape index (κ2) is 3.98. The zero-order chi connectivity index (χ0) is 11.8. The molecule has 4 heteroatoms. The number of hydrogen-bond acceptors (Lipinski definition) is 4. The predicted molar refractivity (Wildman–Crippen MR) is 66.0 cm³/mol. The van der Waals surface area contributed by atoms with E-state index >= 15 is 0 Å². The molecule has 2 aromatic rings. The summed E-state index contributed by atoms with van der Waals surface area (Å²) < 4.78 is 0. The van der Waals surface area contributed by atoms with Crippen molar-refractivity contribution in [3.63, 3.8) is 0 Å². The number of anilines is 1. The molecule has 2 unspecified atom stereocenters. The Morgan fingerprint density at radius 3 is 2.53 bits per heavy atom. The van der Waals surface area contributed by atoms with Gasteiger partial charge in [0.15, 0.2) is 0 Å². The minimum absolute atomic E-state index is 0.467. The summed E-state index contributed by atoms with van der Waals surface area (Å²) in [4.78, 5) is 6.30. The summed E-state index contributed by atoms with van der Waals surface area (Å²) in [5, 5.41) is 20.2. The number of aromatic nitrogens is 1. The first-order valence-corrected chi connectivity index (χ1v) is 5.70. The first kappa shape index (κ1) is 10.5. The quantitative estimate of drug-likeness (QED) is 0.760. The second-order valence-electron chi connectivity index (χ2n) is 4.39. The molecule has 4 nitrogen and oxygen atoms in total. The minimum atomic E-state index is -0.665. The van der Waals surface area contributed by atoms with E-state index in [0.717, 1.165) is 16.6 Å². The zero-order valence-corrected chi connectivity index (χ0v) is 9.32. The van der Waals surface area contributed by atoms with Crippen LogP contribution < -0.4 is 4.90 Å². The molecule has 1 saturated heterocycles. The summed E-state index contributed by atoms with van der Waals surface area (Å²) in [5.41, 5.74) is 1.95. The fourth-order valence-electron chi connectivity index (χ4n) is 2.32. The molecule has 17 heavy (non-hydrogen) atoms. The molecule has 0 radical (unpaired) electrons. The van der Waals surface area contributed by atoms with Gasteiger partial charge in [-0.1, -0.05) is 18.2 Å². The van der Waals surface area contributed by atoms with Crippen molar-refractivity contribution in [2.45, 2.75) is 12.2 Å². The highest BCUT2D eigenvalue weighted by atomic mass is 16.3. The van der Waals surface area contributed by atoms with Crippen molar-refractivity contribution in [1.82, 2.24) is 4.98 Å². The number of hydrogen-bond donors (Lipinski definition) is 2. The summed E-state index contributed by atoms with van der Waals surface area (Å²) in [6, 6.07) is 9.81. The van der Waals surface area contributed by atoms with Crippen molar-refractivity contribution in [1.29, 1.82) is 0 Å². The lowest BCUT2D eigenvalue weighted by atomic mass is 10.2. The third kappa shape index (κ3) is 1.75. The number of para-hydroxylation sites is 1. The minimum Gasteiger partial charge on any atom is -0.389 e. The summed E-state index contributed by atoms with van der Waals surface area (Å²) in [5.74, 6) is 0. The molecule has 1 aromatic carbocycles. The topological polar surface area (TPSA) is 56.6 Å². The van der Waals surface area contributed by atoms with E-state index < -0.39 is 12.2 Å². The van der Waals surface area contributed by atoms with E-state index in [0.29, 0.717) is 13.1 Å². The van der Waals surface area contributed by atoms with Gasteiger partial charge in [-0.05, 0) is 12.1 Å². The normalized spacial score (nSPS) is 24.5. The van der Waals surface area contributed by atoms with Crippen LogP contribution in [0.1, 0.15) is 0 Å². The predicted octanol–water partition coefficient (Wildman–Crippen LogP) is 0.777. The van der Waals surface area contributed by atoms with Crippen molar-refractivity contribution < 1.29 is 10.2 Å².